The highest BCUT2D eigenvalue weighted by Crippen LogP contribution is 2.12. The molecule has 0 aliphatic heterocycles. The Bertz CT molecular complexity index is 2030. The van der Waals surface area contributed by atoms with Crippen LogP contribution in [0.4, 0.5) is 0 Å². The minimum Gasteiger partial charge on any atom is -0.462 e. The Morgan fingerprint density at radius 3 is 0.687 bits per heavy atom. The van der Waals surface area contributed by atoms with E-state index in [0.29, 0.717) is 12.8 Å². The van der Waals surface area contributed by atoms with Gasteiger partial charge >= 0.3 is 17.9 Å². The summed E-state index contributed by atoms with van der Waals surface area (Å²) in [4.78, 5) is 38.4. The van der Waals surface area contributed by atoms with E-state index in [9.17, 15) is 14.4 Å². The zero-order valence-corrected chi connectivity index (χ0v) is 52.6. The Labute approximate surface area is 509 Å². The van der Waals surface area contributed by atoms with Crippen LogP contribution < -0.4 is 0 Å². The van der Waals surface area contributed by atoms with Gasteiger partial charge in [0.25, 0.3) is 0 Å². The molecule has 83 heavy (non-hydrogen) atoms. The van der Waals surface area contributed by atoms with Crippen LogP contribution in [0.3, 0.4) is 0 Å². The van der Waals surface area contributed by atoms with E-state index in [4.69, 9.17) is 14.2 Å². The summed E-state index contributed by atoms with van der Waals surface area (Å²) in [7, 11) is 0. The molecule has 6 nitrogen and oxygen atoms in total. The van der Waals surface area contributed by atoms with Crippen LogP contribution in [0, 0.1) is 0 Å². The topological polar surface area (TPSA) is 78.9 Å². The van der Waals surface area contributed by atoms with Crippen molar-refractivity contribution in [1.29, 1.82) is 0 Å². The lowest BCUT2D eigenvalue weighted by molar-refractivity contribution is -0.167. The first kappa shape index (κ1) is 77.0. The van der Waals surface area contributed by atoms with E-state index in [0.717, 1.165) is 199 Å². The number of carbonyl (C=O) groups excluding carboxylic acids is 3. The van der Waals surface area contributed by atoms with Gasteiger partial charge < -0.3 is 14.2 Å². The van der Waals surface area contributed by atoms with Crippen LogP contribution in [0.1, 0.15) is 239 Å². The van der Waals surface area contributed by atoms with Crippen molar-refractivity contribution in [3.8, 4) is 0 Å². The second-order valence-corrected chi connectivity index (χ2v) is 20.5. The zero-order valence-electron chi connectivity index (χ0n) is 52.6. The molecular weight excluding hydrogens is 1020 g/mol. The number of rotatable bonds is 56. The van der Waals surface area contributed by atoms with Gasteiger partial charge in [-0.05, 0) is 167 Å². The highest BCUT2D eigenvalue weighted by atomic mass is 16.6. The first-order valence-electron chi connectivity index (χ1n) is 32.6. The summed E-state index contributed by atoms with van der Waals surface area (Å²) in [6.45, 7) is 6.21. The third-order valence-corrected chi connectivity index (χ3v) is 12.8. The van der Waals surface area contributed by atoms with Crippen LogP contribution in [-0.4, -0.2) is 37.2 Å². The predicted molar refractivity (Wildman–Crippen MR) is 361 cm³/mol. The fourth-order valence-electron chi connectivity index (χ4n) is 8.00. The van der Waals surface area contributed by atoms with Crippen molar-refractivity contribution in [2.24, 2.45) is 0 Å². The molecule has 0 saturated carbocycles. The molecule has 0 aliphatic carbocycles. The standard InChI is InChI=1S/C77H116O6/c1-4-7-10-13-16-19-22-25-28-31-34-36-37-38-39-41-43-46-49-52-55-58-61-64-67-70-76(79)82-73-74(72-81-75(78)69-66-63-60-57-54-51-48-45-42-33-30-27-24-21-18-15-12-9-6-3)83-77(80)71-68-65-62-59-56-53-50-47-44-40-35-32-29-26-23-20-17-14-11-8-5-2/h7-12,16-21,25-30,34-36,38-40,42-43,45-47,50-52,54-55,74H,4-6,13-15,22-24,31-33,37,41,44,48-49,53,56-73H2,1-3H3/b10-7-,11-8-,12-9-,19-16-,20-17-,21-18-,28-25-,29-26-,30-27-,36-34-,39-38-,40-35-,45-42-,46-43-,50-47-,54-51-,55-52-. The molecule has 0 radical (unpaired) electrons. The Morgan fingerprint density at radius 2 is 0.434 bits per heavy atom. The number of unbranched alkanes of at least 4 members (excludes halogenated alkanes) is 11. The summed E-state index contributed by atoms with van der Waals surface area (Å²) in [5.41, 5.74) is 0. The molecule has 1 atom stereocenters. The fraction of sp³-hybridized carbons (Fsp3) is 0.519. The van der Waals surface area contributed by atoms with Crippen LogP contribution in [0.25, 0.3) is 0 Å². The quantitative estimate of drug-likeness (QED) is 0.0261. The van der Waals surface area contributed by atoms with Gasteiger partial charge in [-0.1, -0.05) is 259 Å². The second-order valence-electron chi connectivity index (χ2n) is 20.5. The molecule has 0 bridgehead atoms. The lowest BCUT2D eigenvalue weighted by Crippen LogP contribution is -2.30. The van der Waals surface area contributed by atoms with E-state index >= 15 is 0 Å². The minimum atomic E-state index is -0.833. The summed E-state index contributed by atoms with van der Waals surface area (Å²) in [6, 6.07) is 0. The van der Waals surface area contributed by atoms with Gasteiger partial charge in [0.15, 0.2) is 6.10 Å². The number of allylic oxidation sites excluding steroid dienone is 34. The fourth-order valence-corrected chi connectivity index (χ4v) is 8.00. The van der Waals surface area contributed by atoms with Crippen molar-refractivity contribution >= 4 is 17.9 Å². The monoisotopic (exact) mass is 1140 g/mol. The average Bonchev–Trinajstić information content (AvgIpc) is 3.50. The molecule has 0 fully saturated rings. The molecule has 0 aromatic carbocycles. The average molecular weight is 1140 g/mol. The maximum Gasteiger partial charge on any atom is 0.306 e. The molecule has 0 spiro atoms. The van der Waals surface area contributed by atoms with Crippen LogP contribution >= 0.6 is 0 Å². The summed E-state index contributed by atoms with van der Waals surface area (Å²) < 4.78 is 16.9. The summed E-state index contributed by atoms with van der Waals surface area (Å²) in [5, 5.41) is 0. The Morgan fingerprint density at radius 1 is 0.241 bits per heavy atom. The van der Waals surface area contributed by atoms with E-state index in [-0.39, 0.29) is 37.5 Å². The number of ether oxygens (including phenoxy) is 3. The van der Waals surface area contributed by atoms with Gasteiger partial charge in [-0.3, -0.25) is 14.4 Å². The normalized spacial score (nSPS) is 13.5. The number of hydrogen-bond donors (Lipinski definition) is 0. The first-order chi connectivity index (χ1) is 41.0. The minimum absolute atomic E-state index is 0.126. The van der Waals surface area contributed by atoms with E-state index in [2.05, 4.69) is 227 Å². The molecule has 0 amide bonds. The van der Waals surface area contributed by atoms with Crippen molar-refractivity contribution in [2.75, 3.05) is 13.2 Å². The molecule has 6 heteroatoms. The Kier molecular flexibility index (Phi) is 63.5. The third-order valence-electron chi connectivity index (χ3n) is 12.8. The number of hydrogen-bond acceptors (Lipinski definition) is 6. The van der Waals surface area contributed by atoms with Crippen molar-refractivity contribution in [2.45, 2.75) is 245 Å². The van der Waals surface area contributed by atoms with Gasteiger partial charge in [0.2, 0.25) is 0 Å². The lowest BCUT2D eigenvalue weighted by atomic mass is 10.1. The lowest BCUT2D eigenvalue weighted by Gasteiger charge is -2.18. The van der Waals surface area contributed by atoms with Crippen molar-refractivity contribution in [1.82, 2.24) is 0 Å². The maximum absolute atomic E-state index is 12.9. The van der Waals surface area contributed by atoms with Gasteiger partial charge in [0.1, 0.15) is 13.2 Å². The van der Waals surface area contributed by atoms with Crippen molar-refractivity contribution in [3.05, 3.63) is 207 Å². The molecule has 1 unspecified atom stereocenters. The van der Waals surface area contributed by atoms with Gasteiger partial charge in [0.05, 0.1) is 0 Å². The molecule has 460 valence electrons. The summed E-state index contributed by atoms with van der Waals surface area (Å²) in [6.07, 6.45) is 105. The first-order valence-corrected chi connectivity index (χ1v) is 32.6. The number of esters is 3. The molecule has 0 rings (SSSR count). The van der Waals surface area contributed by atoms with Crippen LogP contribution in [0.5, 0.6) is 0 Å². The largest absolute Gasteiger partial charge is 0.462 e. The third kappa shape index (κ3) is 66.7. The number of carbonyl (C=O) groups is 3. The molecule has 0 aliphatic rings. The SMILES string of the molecule is CC/C=C\C/C=C\C/C=C\C/C=C\C/C=C\C/C=C\C/C=C\CCCCCC(=O)OCC(COC(=O)CCCCC/C=C\C/C=C\C/C=C\C/C=C\C/C=C\CC)OC(=O)CCCCCCC/C=C\C/C=C\C/C=C\C/C=C\C/C=C\CC. The smallest absolute Gasteiger partial charge is 0.306 e. The Hall–Kier alpha value is -6.01. The van der Waals surface area contributed by atoms with E-state index in [1.807, 2.05) is 0 Å². The summed E-state index contributed by atoms with van der Waals surface area (Å²) in [5.74, 6) is -1.02. The van der Waals surface area contributed by atoms with E-state index < -0.39 is 6.10 Å². The molecule has 0 heterocycles. The highest BCUT2D eigenvalue weighted by molar-refractivity contribution is 5.71. The van der Waals surface area contributed by atoms with Crippen LogP contribution in [0.2, 0.25) is 0 Å². The van der Waals surface area contributed by atoms with Crippen molar-refractivity contribution in [3.63, 3.8) is 0 Å². The summed E-state index contributed by atoms with van der Waals surface area (Å²) >= 11 is 0. The molecular formula is C77H116O6. The van der Waals surface area contributed by atoms with Crippen LogP contribution in [-0.2, 0) is 28.6 Å². The zero-order chi connectivity index (χ0) is 59.9. The maximum atomic E-state index is 12.9. The van der Waals surface area contributed by atoms with E-state index in [1.165, 1.54) is 0 Å². The van der Waals surface area contributed by atoms with Gasteiger partial charge in [0, 0.05) is 19.3 Å². The highest BCUT2D eigenvalue weighted by Gasteiger charge is 2.19. The van der Waals surface area contributed by atoms with Crippen LogP contribution in [0.15, 0.2) is 207 Å². The second kappa shape index (κ2) is 68.5. The van der Waals surface area contributed by atoms with Gasteiger partial charge in [-0.25, -0.2) is 0 Å². The molecule has 0 aromatic rings. The van der Waals surface area contributed by atoms with Crippen molar-refractivity contribution < 1.29 is 28.6 Å². The molecule has 0 N–H and O–H groups in total. The van der Waals surface area contributed by atoms with Gasteiger partial charge in [-0.2, -0.15) is 0 Å². The molecule has 0 aromatic heterocycles. The Balaban J connectivity index is 4.61. The molecule has 0 saturated heterocycles. The predicted octanol–water partition coefficient (Wildman–Crippen LogP) is 22.8. The van der Waals surface area contributed by atoms with E-state index in [1.54, 1.807) is 0 Å². The van der Waals surface area contributed by atoms with Gasteiger partial charge in [-0.15, -0.1) is 0 Å².